The highest BCUT2D eigenvalue weighted by Crippen LogP contribution is 2.17. The second-order valence-electron chi connectivity index (χ2n) is 3.41. The Bertz CT molecular complexity index is 561. The van der Waals surface area contributed by atoms with Crippen LogP contribution in [0.15, 0.2) is 30.3 Å². The summed E-state index contributed by atoms with van der Waals surface area (Å²) in [6, 6.07) is 9.28. The highest BCUT2D eigenvalue weighted by molar-refractivity contribution is 5.94. The number of nitrogens with two attached hydrogens (primary N) is 2. The molecule has 0 aliphatic rings. The van der Waals surface area contributed by atoms with Gasteiger partial charge in [-0.05, 0) is 12.1 Å². The third-order valence-corrected chi connectivity index (χ3v) is 2.17. The number of carboxylic acid groups (broad SMARTS) is 1. The van der Waals surface area contributed by atoms with Crippen molar-refractivity contribution in [3.8, 4) is 0 Å². The number of carbonyl (C=O) groups is 1. The predicted octanol–water partition coefficient (Wildman–Crippen LogP) is 1.14. The van der Waals surface area contributed by atoms with Gasteiger partial charge in [-0.15, -0.1) is 12.4 Å². The molecule has 0 aliphatic heterocycles. The molecule has 0 fully saturated rings. The fourth-order valence-corrected chi connectivity index (χ4v) is 1.49. The number of hydrogen-bond donors (Lipinski definition) is 4. The van der Waals surface area contributed by atoms with Gasteiger partial charge >= 0.3 is 5.97 Å². The molecular weight excluding hydrogens is 256 g/mol. The third kappa shape index (κ3) is 3.67. The van der Waals surface area contributed by atoms with E-state index >= 15 is 0 Å². The van der Waals surface area contributed by atoms with E-state index in [1.54, 1.807) is 17.7 Å². The monoisotopic (exact) mass is 270 g/mol. The number of nitrogens with one attached hydrogen (secondary N) is 1. The van der Waals surface area contributed by atoms with Crippen LogP contribution in [-0.4, -0.2) is 21.6 Å². The molecule has 0 radical (unpaired) electrons. The van der Waals surface area contributed by atoms with E-state index in [1.165, 1.54) is 0 Å². The quantitative estimate of drug-likeness (QED) is 0.459. The second kappa shape index (κ2) is 6.51. The number of hydrogen-bond acceptors (Lipinski definition) is 2. The number of nitrogens with zero attached hydrogens (tertiary/aromatic N) is 1. The number of aromatic carboxylic acids is 1. The number of benzene rings is 1. The molecule has 0 aliphatic carbocycles. The lowest BCUT2D eigenvalue weighted by molar-refractivity contribution is 0.0687. The molecule has 7 heteroatoms. The van der Waals surface area contributed by atoms with Gasteiger partial charge in [-0.25, -0.2) is 4.79 Å². The van der Waals surface area contributed by atoms with Crippen molar-refractivity contribution in [2.45, 2.75) is 0 Å². The zero-order chi connectivity index (χ0) is 13.0. The number of halogens is 1. The molecule has 2 aromatic rings. The Morgan fingerprint density at radius 3 is 2.28 bits per heavy atom. The first-order chi connectivity index (χ1) is 7.93. The maximum atomic E-state index is 10.8. The van der Waals surface area contributed by atoms with Crippen molar-refractivity contribution in [2.24, 2.45) is 18.5 Å². The fraction of sp³-hybridized carbons (Fsp3) is 0.0909. The minimum atomic E-state index is -0.890. The Hall–Kier alpha value is -2.21. The minimum Gasteiger partial charge on any atom is -0.477 e. The lowest BCUT2D eigenvalue weighted by Gasteiger charge is -1.97. The molecule has 1 aromatic carbocycles. The molecule has 0 spiro atoms. The van der Waals surface area contributed by atoms with Gasteiger partial charge in [-0.3, -0.25) is 5.41 Å². The Balaban J connectivity index is 0.000000512. The summed E-state index contributed by atoms with van der Waals surface area (Å²) in [6.07, 6.45) is 0. The topological polar surface area (TPSA) is 118 Å². The van der Waals surface area contributed by atoms with Crippen LogP contribution in [0.2, 0.25) is 0 Å². The van der Waals surface area contributed by atoms with Crippen LogP contribution in [0, 0.1) is 5.41 Å². The summed E-state index contributed by atoms with van der Waals surface area (Å²) in [6.45, 7) is 0. The average Bonchev–Trinajstić information content (AvgIpc) is 2.56. The van der Waals surface area contributed by atoms with E-state index in [0.29, 0.717) is 5.69 Å². The second-order valence-corrected chi connectivity index (χ2v) is 3.41. The Kier molecular flexibility index (Phi) is 5.71. The highest BCUT2D eigenvalue weighted by atomic mass is 35.5. The van der Waals surface area contributed by atoms with E-state index < -0.39 is 5.97 Å². The lowest BCUT2D eigenvalue weighted by Crippen LogP contribution is -2.20. The standard InChI is InChI=1S/C10H9NO2.CH5N3.ClH/c1-11-8-5-3-2-4-7(8)6-9(11)10(12)13;2-1(3)4;/h2-6H,1H3,(H,12,13);(H5,2,3,4);1H. The molecule has 2 rings (SSSR count). The Morgan fingerprint density at radius 1 is 1.33 bits per heavy atom. The summed E-state index contributed by atoms with van der Waals surface area (Å²) in [5, 5.41) is 15.9. The summed E-state index contributed by atoms with van der Waals surface area (Å²) < 4.78 is 1.68. The van der Waals surface area contributed by atoms with Crippen molar-refractivity contribution in [3.63, 3.8) is 0 Å². The van der Waals surface area contributed by atoms with Crippen molar-refractivity contribution in [1.29, 1.82) is 5.41 Å². The van der Waals surface area contributed by atoms with Crippen molar-refractivity contribution < 1.29 is 9.90 Å². The number of carboxylic acids is 1. The summed E-state index contributed by atoms with van der Waals surface area (Å²) in [7, 11) is 1.76. The molecule has 6 N–H and O–H groups in total. The van der Waals surface area contributed by atoms with E-state index in [9.17, 15) is 4.79 Å². The van der Waals surface area contributed by atoms with Crippen LogP contribution in [0.1, 0.15) is 10.5 Å². The zero-order valence-electron chi connectivity index (χ0n) is 9.75. The molecule has 1 heterocycles. The molecule has 0 bridgehead atoms. The van der Waals surface area contributed by atoms with Gasteiger partial charge in [0.05, 0.1) is 0 Å². The molecule has 98 valence electrons. The maximum absolute atomic E-state index is 10.8. The van der Waals surface area contributed by atoms with Crippen LogP contribution in [0.25, 0.3) is 10.9 Å². The van der Waals surface area contributed by atoms with Gasteiger partial charge in [0.25, 0.3) is 0 Å². The lowest BCUT2D eigenvalue weighted by atomic mass is 10.2. The van der Waals surface area contributed by atoms with E-state index in [1.807, 2.05) is 24.3 Å². The smallest absolute Gasteiger partial charge is 0.352 e. The molecule has 0 saturated carbocycles. The summed E-state index contributed by atoms with van der Waals surface area (Å²) >= 11 is 0. The van der Waals surface area contributed by atoms with Gasteiger partial charge in [0.1, 0.15) is 5.69 Å². The number of aryl methyl sites for hydroxylation is 1. The largest absolute Gasteiger partial charge is 0.477 e. The van der Waals surface area contributed by atoms with Gasteiger partial charge < -0.3 is 21.1 Å². The first-order valence-electron chi connectivity index (χ1n) is 4.80. The summed E-state index contributed by atoms with van der Waals surface area (Å²) in [5.41, 5.74) is 10.2. The molecule has 6 nitrogen and oxygen atoms in total. The van der Waals surface area contributed by atoms with Crippen LogP contribution in [0.3, 0.4) is 0 Å². The van der Waals surface area contributed by atoms with E-state index in [2.05, 4.69) is 11.5 Å². The number of para-hydroxylation sites is 1. The molecule has 18 heavy (non-hydrogen) atoms. The van der Waals surface area contributed by atoms with Crippen molar-refractivity contribution in [1.82, 2.24) is 4.57 Å². The molecule has 0 atom stereocenters. The first kappa shape index (κ1) is 15.8. The number of rotatable bonds is 1. The normalized spacial score (nSPS) is 8.94. The number of aromatic nitrogens is 1. The first-order valence-corrected chi connectivity index (χ1v) is 4.80. The van der Waals surface area contributed by atoms with E-state index in [0.717, 1.165) is 10.9 Å². The van der Waals surface area contributed by atoms with Crippen LogP contribution in [0.5, 0.6) is 0 Å². The van der Waals surface area contributed by atoms with E-state index in [4.69, 9.17) is 10.5 Å². The Morgan fingerprint density at radius 2 is 1.83 bits per heavy atom. The van der Waals surface area contributed by atoms with Crippen molar-refractivity contribution in [2.75, 3.05) is 0 Å². The van der Waals surface area contributed by atoms with Gasteiger partial charge in [0, 0.05) is 18.0 Å². The number of guanidine groups is 1. The third-order valence-electron chi connectivity index (χ3n) is 2.17. The van der Waals surface area contributed by atoms with Crippen LogP contribution >= 0.6 is 12.4 Å². The Labute approximate surface area is 110 Å². The van der Waals surface area contributed by atoms with Crippen LogP contribution in [0.4, 0.5) is 0 Å². The zero-order valence-corrected chi connectivity index (χ0v) is 10.6. The fourth-order valence-electron chi connectivity index (χ4n) is 1.49. The maximum Gasteiger partial charge on any atom is 0.352 e. The SMILES string of the molecule is Cl.Cn1c(C(=O)O)cc2ccccc21.N=C(N)N. The predicted molar refractivity (Wildman–Crippen MR) is 73.2 cm³/mol. The summed E-state index contributed by atoms with van der Waals surface area (Å²) in [4.78, 5) is 10.8. The van der Waals surface area contributed by atoms with Crippen molar-refractivity contribution >= 4 is 35.2 Å². The van der Waals surface area contributed by atoms with Crippen LogP contribution in [-0.2, 0) is 7.05 Å². The van der Waals surface area contributed by atoms with E-state index in [-0.39, 0.29) is 18.4 Å². The molecular formula is C11H15ClN4O2. The van der Waals surface area contributed by atoms with Gasteiger partial charge in [-0.2, -0.15) is 0 Å². The van der Waals surface area contributed by atoms with Gasteiger partial charge in [-0.1, -0.05) is 18.2 Å². The molecule has 1 aromatic heterocycles. The minimum absolute atomic E-state index is 0. The van der Waals surface area contributed by atoms with Gasteiger partial charge in [0.15, 0.2) is 5.96 Å². The van der Waals surface area contributed by atoms with Crippen LogP contribution < -0.4 is 11.5 Å². The average molecular weight is 271 g/mol. The van der Waals surface area contributed by atoms with Crippen molar-refractivity contribution in [3.05, 3.63) is 36.0 Å². The highest BCUT2D eigenvalue weighted by Gasteiger charge is 2.10. The molecule has 0 saturated heterocycles. The number of fused-ring (bicyclic) bond motifs is 1. The van der Waals surface area contributed by atoms with Gasteiger partial charge in [0.2, 0.25) is 0 Å². The summed E-state index contributed by atoms with van der Waals surface area (Å²) in [5.74, 6) is -1.22. The molecule has 0 unspecified atom stereocenters. The molecule has 0 amide bonds.